The van der Waals surface area contributed by atoms with Crippen LogP contribution in [0.15, 0.2) is 114 Å². The maximum atomic E-state index is 14.4. The van der Waals surface area contributed by atoms with Crippen LogP contribution in [-0.4, -0.2) is 4.93 Å². The number of hydrogen-bond acceptors (Lipinski definition) is 3. The number of halogens is 1. The van der Waals surface area contributed by atoms with Gasteiger partial charge in [-0.3, -0.25) is 9.09 Å². The van der Waals surface area contributed by atoms with Gasteiger partial charge in [-0.05, 0) is 48.0 Å². The normalized spacial score (nSPS) is 24.9. The number of rotatable bonds is 5. The van der Waals surface area contributed by atoms with Crippen LogP contribution in [0.1, 0.15) is 5.56 Å². The highest BCUT2D eigenvalue weighted by Gasteiger charge is 2.71. The second-order valence-electron chi connectivity index (χ2n) is 7.04. The molecule has 144 valence electrons. The Morgan fingerprint density at radius 1 is 0.759 bits per heavy atom. The third-order valence-corrected chi connectivity index (χ3v) is 10.1. The maximum Gasteiger partial charge on any atom is 0.262 e. The van der Waals surface area contributed by atoms with Crippen molar-refractivity contribution < 1.29 is 9.09 Å². The van der Waals surface area contributed by atoms with Crippen molar-refractivity contribution in [3.63, 3.8) is 0 Å². The van der Waals surface area contributed by atoms with Crippen LogP contribution in [0.25, 0.3) is 0 Å². The molecule has 0 saturated carbocycles. The Labute approximate surface area is 183 Å². The molecule has 0 amide bonds. The van der Waals surface area contributed by atoms with Gasteiger partial charge in [0.25, 0.3) is 7.37 Å². The van der Waals surface area contributed by atoms with E-state index in [1.807, 2.05) is 91.0 Å². The maximum absolute atomic E-state index is 14.4. The minimum absolute atomic E-state index is 0.373. The van der Waals surface area contributed by atoms with E-state index in [1.165, 1.54) is 0 Å². The molecule has 0 spiro atoms. The Morgan fingerprint density at radius 3 is 1.90 bits per heavy atom. The summed E-state index contributed by atoms with van der Waals surface area (Å²) in [5, 5.41) is 1.42. The van der Waals surface area contributed by atoms with Crippen molar-refractivity contribution in [1.82, 2.24) is 0 Å². The average molecular weight is 481 g/mol. The van der Waals surface area contributed by atoms with Gasteiger partial charge in [0.2, 0.25) is 0 Å². The number of allylic oxidation sites excluding steroid dienone is 2. The molecule has 0 N–H and O–H groups in total. The van der Waals surface area contributed by atoms with Crippen LogP contribution in [0.3, 0.4) is 0 Å². The molecule has 5 rings (SSSR count). The molecule has 2 nitrogen and oxygen atoms in total. The molecule has 1 aliphatic carbocycles. The fourth-order valence-electron chi connectivity index (χ4n) is 3.76. The van der Waals surface area contributed by atoms with Gasteiger partial charge in [0.05, 0.1) is 0 Å². The molecule has 29 heavy (non-hydrogen) atoms. The zero-order valence-electron chi connectivity index (χ0n) is 15.4. The lowest BCUT2D eigenvalue weighted by Gasteiger charge is -2.27. The van der Waals surface area contributed by atoms with Crippen LogP contribution in [0, 0.1) is 0 Å². The highest BCUT2D eigenvalue weighted by Crippen LogP contribution is 2.77. The molecule has 2 unspecified atom stereocenters. The van der Waals surface area contributed by atoms with Crippen molar-refractivity contribution in [2.45, 2.75) is 9.68 Å². The number of hydrogen-bond donors (Lipinski definition) is 0. The standard InChI is InChI=1S/C24H18BrO2PS/c25-20-15-13-19(14-16-20)23-17-7-8-18-24(23,29-23)27-28(26,21-9-3-1-4-10-21)22-11-5-2-6-12-22/h1-18H. The third kappa shape index (κ3) is 3.10. The topological polar surface area (TPSA) is 26.3 Å². The molecule has 3 aromatic rings. The van der Waals surface area contributed by atoms with E-state index < -0.39 is 12.3 Å². The smallest absolute Gasteiger partial charge is 0.262 e. The molecule has 1 fully saturated rings. The minimum Gasteiger partial charge on any atom is -0.298 e. The molecule has 0 aromatic heterocycles. The van der Waals surface area contributed by atoms with Gasteiger partial charge < -0.3 is 0 Å². The van der Waals surface area contributed by atoms with Crippen LogP contribution in [-0.2, 0) is 13.8 Å². The van der Waals surface area contributed by atoms with Crippen LogP contribution in [0.4, 0.5) is 0 Å². The zero-order chi connectivity index (χ0) is 20.0. The lowest BCUT2D eigenvalue weighted by atomic mass is 9.90. The summed E-state index contributed by atoms with van der Waals surface area (Å²) < 4.78 is 21.8. The SMILES string of the molecule is O=P(OC12C=CC=CC1(c1ccc(Br)cc1)S2)(c1ccccc1)c1ccccc1. The predicted molar refractivity (Wildman–Crippen MR) is 125 cm³/mol. The van der Waals surface area contributed by atoms with Gasteiger partial charge in [-0.25, -0.2) is 0 Å². The number of fused-ring (bicyclic) bond motifs is 1. The van der Waals surface area contributed by atoms with Gasteiger partial charge in [0, 0.05) is 15.1 Å². The second-order valence-corrected chi connectivity index (χ2v) is 11.7. The van der Waals surface area contributed by atoms with Gasteiger partial charge in [0.15, 0.2) is 4.93 Å². The van der Waals surface area contributed by atoms with E-state index in [2.05, 4.69) is 34.1 Å². The first-order valence-corrected chi connectivity index (χ1v) is 12.6. The lowest BCUT2D eigenvalue weighted by Crippen LogP contribution is -2.29. The quantitative estimate of drug-likeness (QED) is 0.323. The fraction of sp³-hybridized carbons (Fsp3) is 0.0833. The molecule has 2 atom stereocenters. The highest BCUT2D eigenvalue weighted by atomic mass is 79.9. The van der Waals surface area contributed by atoms with Gasteiger partial charge in [0.1, 0.15) is 4.75 Å². The summed E-state index contributed by atoms with van der Waals surface area (Å²) >= 11 is 5.20. The van der Waals surface area contributed by atoms with Crippen LogP contribution < -0.4 is 10.6 Å². The van der Waals surface area contributed by atoms with Crippen molar-refractivity contribution in [2.75, 3.05) is 0 Å². The van der Waals surface area contributed by atoms with Crippen molar-refractivity contribution in [2.24, 2.45) is 0 Å². The molecular weight excluding hydrogens is 463 g/mol. The fourth-order valence-corrected chi connectivity index (χ4v) is 8.04. The third-order valence-electron chi connectivity index (χ3n) is 5.28. The molecule has 3 aromatic carbocycles. The van der Waals surface area contributed by atoms with Gasteiger partial charge in [-0.15, -0.1) is 11.8 Å². The van der Waals surface area contributed by atoms with E-state index in [1.54, 1.807) is 11.8 Å². The van der Waals surface area contributed by atoms with Crippen molar-refractivity contribution >= 4 is 45.7 Å². The Kier molecular flexibility index (Phi) is 4.71. The first-order chi connectivity index (χ1) is 14.1. The Bertz CT molecular complexity index is 1100. The van der Waals surface area contributed by atoms with E-state index in [-0.39, 0.29) is 4.75 Å². The largest absolute Gasteiger partial charge is 0.298 e. The molecular formula is C24H18BrO2PS. The first-order valence-electron chi connectivity index (χ1n) is 9.33. The molecule has 0 bridgehead atoms. The van der Waals surface area contributed by atoms with Crippen molar-refractivity contribution in [3.05, 3.63) is 119 Å². The predicted octanol–water partition coefficient (Wildman–Crippen LogP) is 6.16. The molecule has 1 aliphatic heterocycles. The minimum atomic E-state index is -3.30. The Morgan fingerprint density at radius 2 is 1.31 bits per heavy atom. The summed E-state index contributed by atoms with van der Waals surface area (Å²) in [6.45, 7) is 0. The van der Waals surface area contributed by atoms with Crippen molar-refractivity contribution in [1.29, 1.82) is 0 Å². The summed E-state index contributed by atoms with van der Waals surface area (Å²) in [6.07, 6.45) is 8.22. The van der Waals surface area contributed by atoms with Gasteiger partial charge >= 0.3 is 0 Å². The summed E-state index contributed by atoms with van der Waals surface area (Å²) in [5.41, 5.74) is 1.14. The van der Waals surface area contributed by atoms with E-state index in [4.69, 9.17) is 4.52 Å². The van der Waals surface area contributed by atoms with E-state index in [0.29, 0.717) is 10.6 Å². The summed E-state index contributed by atoms with van der Waals surface area (Å²) in [4.78, 5) is -0.698. The zero-order valence-corrected chi connectivity index (χ0v) is 18.7. The van der Waals surface area contributed by atoms with Crippen molar-refractivity contribution in [3.8, 4) is 0 Å². The van der Waals surface area contributed by atoms with Crippen LogP contribution in [0.5, 0.6) is 0 Å². The van der Waals surface area contributed by atoms with Gasteiger partial charge in [-0.2, -0.15) is 0 Å². The molecule has 0 radical (unpaired) electrons. The van der Waals surface area contributed by atoms with Crippen LogP contribution >= 0.6 is 35.1 Å². The average Bonchev–Trinajstić information content (AvgIpc) is 3.45. The Hall–Kier alpha value is -1.84. The molecule has 5 heteroatoms. The highest BCUT2D eigenvalue weighted by molar-refractivity contribution is 9.10. The molecule has 1 saturated heterocycles. The monoisotopic (exact) mass is 480 g/mol. The lowest BCUT2D eigenvalue weighted by molar-refractivity contribution is 0.237. The van der Waals surface area contributed by atoms with E-state index in [0.717, 1.165) is 10.0 Å². The molecule has 1 heterocycles. The number of thioether (sulfide) groups is 1. The van der Waals surface area contributed by atoms with E-state index >= 15 is 0 Å². The molecule has 2 aliphatic rings. The summed E-state index contributed by atoms with van der Waals surface area (Å²) in [7, 11) is -3.30. The second kappa shape index (κ2) is 7.14. The summed E-state index contributed by atoms with van der Waals surface area (Å²) in [5.74, 6) is 0. The van der Waals surface area contributed by atoms with Gasteiger partial charge in [-0.1, -0.05) is 82.7 Å². The first kappa shape index (κ1) is 19.1. The van der Waals surface area contributed by atoms with Crippen LogP contribution in [0.2, 0.25) is 0 Å². The Balaban J connectivity index is 1.61. The summed E-state index contributed by atoms with van der Waals surface area (Å²) in [6, 6.07) is 27.3. The number of benzene rings is 3. The van der Waals surface area contributed by atoms with E-state index in [9.17, 15) is 4.57 Å².